The monoisotopic (exact) mass is 243 g/mol. The molecule has 2 heterocycles. The fourth-order valence-corrected chi connectivity index (χ4v) is 2.41. The molecule has 0 aromatic carbocycles. The lowest BCUT2D eigenvalue weighted by atomic mass is 10.3. The Balaban J connectivity index is 2.11. The summed E-state index contributed by atoms with van der Waals surface area (Å²) in [5.41, 5.74) is 1.52. The van der Waals surface area contributed by atoms with Gasteiger partial charge in [0.25, 0.3) is 0 Å². The van der Waals surface area contributed by atoms with E-state index in [1.54, 1.807) is 0 Å². The first-order chi connectivity index (χ1) is 8.85. The number of carbonyl (C=O) groups is 1. The number of aromatic nitrogens is 2. The van der Waals surface area contributed by atoms with Crippen molar-refractivity contribution in [1.29, 1.82) is 0 Å². The number of pyridine rings is 1. The molecule has 4 nitrogen and oxygen atoms in total. The maximum Gasteiger partial charge on any atom is 0.170 e. The molecule has 1 aliphatic carbocycles. The van der Waals surface area contributed by atoms with E-state index in [0.717, 1.165) is 30.7 Å². The maximum absolute atomic E-state index is 11.4. The molecule has 0 spiro atoms. The number of hydrogen-bond donors (Lipinski definition) is 0. The lowest BCUT2D eigenvalue weighted by Gasteiger charge is -2.21. The van der Waals surface area contributed by atoms with Gasteiger partial charge in [0.2, 0.25) is 0 Å². The van der Waals surface area contributed by atoms with E-state index in [0.29, 0.717) is 11.7 Å². The molecule has 0 radical (unpaired) electrons. The second-order valence-electron chi connectivity index (χ2n) is 4.79. The number of anilines is 1. The summed E-state index contributed by atoms with van der Waals surface area (Å²) in [6.07, 6.45) is 6.31. The summed E-state index contributed by atoms with van der Waals surface area (Å²) in [6.45, 7) is 3.13. The summed E-state index contributed by atoms with van der Waals surface area (Å²) < 4.78 is 1.87. The quantitative estimate of drug-likeness (QED) is 0.757. The summed E-state index contributed by atoms with van der Waals surface area (Å²) in [5, 5.41) is 0. The van der Waals surface area contributed by atoms with Crippen LogP contribution in [0.2, 0.25) is 0 Å². The van der Waals surface area contributed by atoms with Gasteiger partial charge in [0.05, 0.1) is 0 Å². The minimum absolute atomic E-state index is 0.577. The first-order valence-corrected chi connectivity index (χ1v) is 6.54. The molecule has 0 N–H and O–H groups in total. The van der Waals surface area contributed by atoms with Gasteiger partial charge in [-0.15, -0.1) is 0 Å². The number of nitrogens with zero attached hydrogens (tertiary/aromatic N) is 3. The molecule has 2 aromatic heterocycles. The zero-order valence-electron chi connectivity index (χ0n) is 10.5. The van der Waals surface area contributed by atoms with E-state index in [1.165, 1.54) is 12.8 Å². The fourth-order valence-electron chi connectivity index (χ4n) is 2.41. The van der Waals surface area contributed by atoms with E-state index < -0.39 is 0 Å². The standard InChI is InChI=1S/C14H17N3O/c1-2-8-16(11-6-7-11)14-12(10-18)17-9-4-3-5-13(17)15-14/h3-5,9-11H,2,6-8H2,1H3. The number of hydrogen-bond acceptors (Lipinski definition) is 3. The van der Waals surface area contributed by atoms with E-state index in [4.69, 9.17) is 0 Å². The molecule has 1 fully saturated rings. The predicted molar refractivity (Wildman–Crippen MR) is 71.2 cm³/mol. The molecule has 0 unspecified atom stereocenters. The summed E-state index contributed by atoms with van der Waals surface area (Å²) in [6, 6.07) is 6.39. The molecule has 2 aromatic rings. The summed E-state index contributed by atoms with van der Waals surface area (Å²) in [5.74, 6) is 0.848. The van der Waals surface area contributed by atoms with Gasteiger partial charge in [0, 0.05) is 18.8 Å². The highest BCUT2D eigenvalue weighted by Crippen LogP contribution is 2.33. The van der Waals surface area contributed by atoms with Gasteiger partial charge in [-0.1, -0.05) is 13.0 Å². The molecule has 94 valence electrons. The van der Waals surface area contributed by atoms with Crippen LogP contribution in [0.4, 0.5) is 5.82 Å². The van der Waals surface area contributed by atoms with Crippen molar-refractivity contribution < 1.29 is 4.79 Å². The van der Waals surface area contributed by atoms with E-state index >= 15 is 0 Å². The summed E-state index contributed by atoms with van der Waals surface area (Å²) in [7, 11) is 0. The van der Waals surface area contributed by atoms with Crippen LogP contribution in [0.1, 0.15) is 36.7 Å². The predicted octanol–water partition coefficient (Wildman–Crippen LogP) is 2.53. The third kappa shape index (κ3) is 1.78. The van der Waals surface area contributed by atoms with Crippen molar-refractivity contribution in [1.82, 2.24) is 9.38 Å². The molecular formula is C14H17N3O. The SMILES string of the molecule is CCCN(c1nc2ccccn2c1C=O)C1CC1. The van der Waals surface area contributed by atoms with Gasteiger partial charge in [-0.25, -0.2) is 4.98 Å². The van der Waals surface area contributed by atoms with Crippen molar-refractivity contribution in [2.45, 2.75) is 32.2 Å². The van der Waals surface area contributed by atoms with Gasteiger partial charge in [-0.3, -0.25) is 9.20 Å². The smallest absolute Gasteiger partial charge is 0.170 e. The van der Waals surface area contributed by atoms with Crippen LogP contribution in [0, 0.1) is 0 Å². The van der Waals surface area contributed by atoms with Gasteiger partial charge in [0.15, 0.2) is 12.1 Å². The zero-order valence-corrected chi connectivity index (χ0v) is 10.5. The van der Waals surface area contributed by atoms with E-state index in [1.807, 2.05) is 28.8 Å². The highest BCUT2D eigenvalue weighted by molar-refractivity contribution is 5.83. The minimum Gasteiger partial charge on any atom is -0.352 e. The maximum atomic E-state index is 11.4. The number of rotatable bonds is 5. The molecule has 0 aliphatic heterocycles. The van der Waals surface area contributed by atoms with Crippen LogP contribution in [0.25, 0.3) is 5.65 Å². The minimum atomic E-state index is 0.577. The average Bonchev–Trinajstić information content (AvgIpc) is 3.16. The molecule has 1 saturated carbocycles. The molecular weight excluding hydrogens is 226 g/mol. The highest BCUT2D eigenvalue weighted by atomic mass is 16.1. The number of fused-ring (bicyclic) bond motifs is 1. The molecule has 1 aliphatic rings. The van der Waals surface area contributed by atoms with Gasteiger partial charge in [0.1, 0.15) is 11.3 Å². The van der Waals surface area contributed by atoms with E-state index in [9.17, 15) is 4.79 Å². The summed E-state index contributed by atoms with van der Waals surface area (Å²) >= 11 is 0. The normalized spacial score (nSPS) is 14.9. The van der Waals surface area contributed by atoms with Crippen molar-refractivity contribution in [3.63, 3.8) is 0 Å². The van der Waals surface area contributed by atoms with Crippen LogP contribution in [-0.2, 0) is 0 Å². The Bertz CT molecular complexity index is 571. The Hall–Kier alpha value is -1.84. The van der Waals surface area contributed by atoms with Crippen molar-refractivity contribution >= 4 is 17.8 Å². The molecule has 18 heavy (non-hydrogen) atoms. The van der Waals surface area contributed by atoms with Crippen LogP contribution in [0.15, 0.2) is 24.4 Å². The average molecular weight is 243 g/mol. The highest BCUT2D eigenvalue weighted by Gasteiger charge is 2.31. The molecule has 0 saturated heterocycles. The lowest BCUT2D eigenvalue weighted by Crippen LogP contribution is -2.27. The van der Waals surface area contributed by atoms with Crippen LogP contribution in [0.5, 0.6) is 0 Å². The largest absolute Gasteiger partial charge is 0.352 e. The van der Waals surface area contributed by atoms with Crippen molar-refractivity contribution in [3.8, 4) is 0 Å². The van der Waals surface area contributed by atoms with E-state index in [-0.39, 0.29) is 0 Å². The van der Waals surface area contributed by atoms with Crippen LogP contribution < -0.4 is 4.90 Å². The number of imidazole rings is 1. The molecule has 0 amide bonds. The van der Waals surface area contributed by atoms with Crippen LogP contribution in [0.3, 0.4) is 0 Å². The topological polar surface area (TPSA) is 37.6 Å². The van der Waals surface area contributed by atoms with Gasteiger partial charge >= 0.3 is 0 Å². The van der Waals surface area contributed by atoms with Crippen LogP contribution in [-0.4, -0.2) is 28.3 Å². The Morgan fingerprint density at radius 3 is 3.00 bits per heavy atom. The van der Waals surface area contributed by atoms with Gasteiger partial charge in [-0.2, -0.15) is 0 Å². The van der Waals surface area contributed by atoms with E-state index in [2.05, 4.69) is 16.8 Å². The zero-order chi connectivity index (χ0) is 12.5. The van der Waals surface area contributed by atoms with Crippen molar-refractivity contribution in [2.24, 2.45) is 0 Å². The fraction of sp³-hybridized carbons (Fsp3) is 0.429. The van der Waals surface area contributed by atoms with Gasteiger partial charge < -0.3 is 4.90 Å². The Morgan fingerprint density at radius 1 is 1.50 bits per heavy atom. The first kappa shape index (κ1) is 11.3. The molecule has 4 heteroatoms. The third-order valence-electron chi connectivity index (χ3n) is 3.38. The van der Waals surface area contributed by atoms with Crippen LogP contribution >= 0.6 is 0 Å². The number of carbonyl (C=O) groups excluding carboxylic acids is 1. The molecule has 0 atom stereocenters. The van der Waals surface area contributed by atoms with Gasteiger partial charge in [-0.05, 0) is 31.4 Å². The summed E-state index contributed by atoms with van der Waals surface area (Å²) in [4.78, 5) is 18.3. The molecule has 3 rings (SSSR count). The second-order valence-corrected chi connectivity index (χ2v) is 4.79. The first-order valence-electron chi connectivity index (χ1n) is 6.54. The number of aldehydes is 1. The second kappa shape index (κ2) is 4.44. The third-order valence-corrected chi connectivity index (χ3v) is 3.38. The Labute approximate surface area is 106 Å². The Morgan fingerprint density at radius 2 is 2.33 bits per heavy atom. The van der Waals surface area contributed by atoms with Crippen molar-refractivity contribution in [3.05, 3.63) is 30.1 Å². The van der Waals surface area contributed by atoms with Crippen molar-refractivity contribution in [2.75, 3.05) is 11.4 Å². The Kier molecular flexibility index (Phi) is 2.78. The lowest BCUT2D eigenvalue weighted by molar-refractivity contribution is 0.111. The molecule has 0 bridgehead atoms.